The first-order valence-corrected chi connectivity index (χ1v) is 15.0. The Kier molecular flexibility index (Phi) is 10.3. The van der Waals surface area contributed by atoms with E-state index in [1.165, 1.54) is 11.1 Å². The van der Waals surface area contributed by atoms with Crippen LogP contribution in [0, 0.1) is 19.1 Å². The van der Waals surface area contributed by atoms with E-state index in [2.05, 4.69) is 114 Å². The van der Waals surface area contributed by atoms with Gasteiger partial charge in [0.1, 0.15) is 0 Å². The van der Waals surface area contributed by atoms with Crippen molar-refractivity contribution in [2.45, 2.75) is 33.1 Å². The van der Waals surface area contributed by atoms with Crippen molar-refractivity contribution in [3.8, 4) is 44.8 Å². The minimum absolute atomic E-state index is 0. The molecular weight excluding hydrogens is 741 g/mol. The predicted octanol–water partition coefficient (Wildman–Crippen LogP) is 9.98. The SMILES string of the molecule is CC(C)(C)c1ccnc(-c2[c-]ccc(-c3ccc(-c4cccnc4)c4cnccc34)c2)c1.Cc1ccnc(-c2[c-]cccc2)c1.[Ir]. The molecule has 0 spiro atoms. The van der Waals surface area contributed by atoms with Crippen molar-refractivity contribution in [3.05, 3.63) is 158 Å². The third kappa shape index (κ3) is 7.51. The molecule has 1 radical (unpaired) electrons. The molecule has 4 heterocycles. The summed E-state index contributed by atoms with van der Waals surface area (Å²) in [6, 6.07) is 39.4. The van der Waals surface area contributed by atoms with Gasteiger partial charge in [0.2, 0.25) is 0 Å². The van der Waals surface area contributed by atoms with Crippen molar-refractivity contribution in [3.63, 3.8) is 0 Å². The van der Waals surface area contributed by atoms with Gasteiger partial charge in [-0.3, -0.25) is 9.97 Å². The smallest absolute Gasteiger partial charge is 0.0352 e. The van der Waals surface area contributed by atoms with Crippen LogP contribution in [-0.4, -0.2) is 19.9 Å². The van der Waals surface area contributed by atoms with E-state index in [4.69, 9.17) is 0 Å². The average Bonchev–Trinajstić information content (AvgIpc) is 3.09. The summed E-state index contributed by atoms with van der Waals surface area (Å²) in [5.41, 5.74) is 11.0. The van der Waals surface area contributed by atoms with Crippen molar-refractivity contribution < 1.29 is 20.1 Å². The van der Waals surface area contributed by atoms with Crippen LogP contribution in [0.25, 0.3) is 55.5 Å². The maximum atomic E-state index is 4.63. The van der Waals surface area contributed by atoms with E-state index in [1.807, 2.05) is 73.4 Å². The first-order valence-electron chi connectivity index (χ1n) is 15.0. The van der Waals surface area contributed by atoms with Crippen molar-refractivity contribution in [2.24, 2.45) is 0 Å². The topological polar surface area (TPSA) is 51.6 Å². The molecule has 0 atom stereocenters. The summed E-state index contributed by atoms with van der Waals surface area (Å²) in [4.78, 5) is 17.6. The fourth-order valence-corrected chi connectivity index (χ4v) is 5.28. The number of aromatic nitrogens is 4. The molecule has 0 bridgehead atoms. The van der Waals surface area contributed by atoms with Gasteiger partial charge >= 0.3 is 0 Å². The van der Waals surface area contributed by atoms with E-state index in [-0.39, 0.29) is 25.5 Å². The van der Waals surface area contributed by atoms with Gasteiger partial charge in [0, 0.05) is 68.2 Å². The van der Waals surface area contributed by atoms with Crippen molar-refractivity contribution in [1.82, 2.24) is 19.9 Å². The first-order chi connectivity index (χ1) is 21.9. The molecule has 4 aromatic heterocycles. The third-order valence-electron chi connectivity index (χ3n) is 7.71. The van der Waals surface area contributed by atoms with Gasteiger partial charge in [-0.05, 0) is 70.1 Å². The summed E-state index contributed by atoms with van der Waals surface area (Å²) in [5, 5.41) is 2.27. The van der Waals surface area contributed by atoms with E-state index in [1.54, 1.807) is 6.20 Å². The molecule has 0 aliphatic heterocycles. The van der Waals surface area contributed by atoms with Gasteiger partial charge in [0.15, 0.2) is 0 Å². The maximum absolute atomic E-state index is 4.63. The Balaban J connectivity index is 0.000000250. The number of hydrogen-bond donors (Lipinski definition) is 0. The summed E-state index contributed by atoms with van der Waals surface area (Å²) in [5.74, 6) is 0. The molecule has 7 rings (SSSR count). The quantitative estimate of drug-likeness (QED) is 0.167. The molecule has 0 unspecified atom stereocenters. The number of benzene rings is 3. The molecule has 0 aliphatic carbocycles. The minimum Gasteiger partial charge on any atom is -0.305 e. The predicted molar refractivity (Wildman–Crippen MR) is 184 cm³/mol. The second kappa shape index (κ2) is 14.5. The Bertz CT molecular complexity index is 2050. The zero-order valence-electron chi connectivity index (χ0n) is 26.3. The second-order valence-electron chi connectivity index (χ2n) is 12.0. The summed E-state index contributed by atoms with van der Waals surface area (Å²) in [6.45, 7) is 8.72. The zero-order valence-corrected chi connectivity index (χ0v) is 28.7. The van der Waals surface area contributed by atoms with Gasteiger partial charge in [-0.25, -0.2) is 0 Å². The second-order valence-corrected chi connectivity index (χ2v) is 12.0. The number of hydrogen-bond acceptors (Lipinski definition) is 4. The number of nitrogens with zero attached hydrogens (tertiary/aromatic N) is 4. The number of fused-ring (bicyclic) bond motifs is 1. The van der Waals surface area contributed by atoms with Gasteiger partial charge in [0.25, 0.3) is 0 Å². The van der Waals surface area contributed by atoms with Gasteiger partial charge in [-0.15, -0.1) is 71.3 Å². The molecule has 3 aromatic carbocycles. The summed E-state index contributed by atoms with van der Waals surface area (Å²) in [7, 11) is 0. The Morgan fingerprint density at radius 1 is 0.565 bits per heavy atom. The molecule has 4 nitrogen and oxygen atoms in total. The molecule has 5 heteroatoms. The van der Waals surface area contributed by atoms with Gasteiger partial charge in [-0.2, -0.15) is 0 Å². The third-order valence-corrected chi connectivity index (χ3v) is 7.71. The van der Waals surface area contributed by atoms with Gasteiger partial charge < -0.3 is 9.97 Å². The van der Waals surface area contributed by atoms with E-state index < -0.39 is 0 Å². The number of rotatable bonds is 4. The molecule has 229 valence electrons. The van der Waals surface area contributed by atoms with Crippen molar-refractivity contribution in [2.75, 3.05) is 0 Å². The van der Waals surface area contributed by atoms with Crippen LogP contribution in [0.2, 0.25) is 0 Å². The Morgan fingerprint density at radius 2 is 1.30 bits per heavy atom. The molecule has 0 fully saturated rings. The molecule has 46 heavy (non-hydrogen) atoms. The van der Waals surface area contributed by atoms with Crippen LogP contribution in [0.15, 0.2) is 134 Å². The standard InChI is InChI=1S/C29H24N3.C12H10N.Ir/c1-29(2,3)23-11-15-32-28(17-23)21-7-4-6-20(16-21)24-9-10-25(22-8-5-13-30-18-22)27-19-31-14-12-26(24)27;1-10-7-8-13-12(9-10)11-5-3-2-4-6-11;/h4-6,8-19H,1-3H3;2-5,7-9H,1H3;/q2*-1;. The van der Waals surface area contributed by atoms with Crippen LogP contribution >= 0.6 is 0 Å². The Labute approximate surface area is 285 Å². The van der Waals surface area contributed by atoms with Gasteiger partial charge in [0.05, 0.1) is 0 Å². The molecular formula is C41H34IrN4-2. The zero-order chi connectivity index (χ0) is 31.2. The van der Waals surface area contributed by atoms with Crippen LogP contribution in [0.1, 0.15) is 31.9 Å². The van der Waals surface area contributed by atoms with Crippen LogP contribution < -0.4 is 0 Å². The summed E-state index contributed by atoms with van der Waals surface area (Å²) >= 11 is 0. The molecule has 0 saturated carbocycles. The molecule has 7 aromatic rings. The van der Waals surface area contributed by atoms with Crippen molar-refractivity contribution >= 4 is 10.8 Å². The number of pyridine rings is 4. The van der Waals surface area contributed by atoms with Crippen LogP contribution in [-0.2, 0) is 25.5 Å². The molecule has 0 amide bonds. The molecule has 0 aliphatic rings. The Hall–Kier alpha value is -4.83. The van der Waals surface area contributed by atoms with E-state index >= 15 is 0 Å². The van der Waals surface area contributed by atoms with Gasteiger partial charge in [-0.1, -0.05) is 56.7 Å². The van der Waals surface area contributed by atoms with E-state index in [9.17, 15) is 0 Å². The normalized spacial score (nSPS) is 10.9. The van der Waals surface area contributed by atoms with Crippen LogP contribution in [0.4, 0.5) is 0 Å². The number of aryl methyl sites for hydroxylation is 1. The first kappa shape index (κ1) is 32.6. The minimum atomic E-state index is 0. The fourth-order valence-electron chi connectivity index (χ4n) is 5.28. The monoisotopic (exact) mass is 775 g/mol. The average molecular weight is 775 g/mol. The maximum Gasteiger partial charge on any atom is 0.0352 e. The Morgan fingerprint density at radius 3 is 2.02 bits per heavy atom. The van der Waals surface area contributed by atoms with Crippen molar-refractivity contribution in [1.29, 1.82) is 0 Å². The summed E-state index contributed by atoms with van der Waals surface area (Å²) in [6.07, 6.45) is 11.2. The van der Waals surface area contributed by atoms with E-state index in [0.717, 1.165) is 55.5 Å². The van der Waals surface area contributed by atoms with Crippen LogP contribution in [0.5, 0.6) is 0 Å². The van der Waals surface area contributed by atoms with Crippen LogP contribution in [0.3, 0.4) is 0 Å². The summed E-state index contributed by atoms with van der Waals surface area (Å²) < 4.78 is 0. The molecule has 0 saturated heterocycles. The molecule has 0 N–H and O–H groups in total. The fraction of sp³-hybridized carbons (Fsp3) is 0.122. The largest absolute Gasteiger partial charge is 0.305 e. The van der Waals surface area contributed by atoms with E-state index in [0.29, 0.717) is 0 Å².